The van der Waals surface area contributed by atoms with Crippen LogP contribution in [0.3, 0.4) is 0 Å². The van der Waals surface area contributed by atoms with Crippen LogP contribution in [0.2, 0.25) is 0 Å². The van der Waals surface area contributed by atoms with Crippen molar-refractivity contribution in [2.45, 2.75) is 25.4 Å². The van der Waals surface area contributed by atoms with Gasteiger partial charge in [-0.25, -0.2) is 0 Å². The van der Waals surface area contributed by atoms with Crippen molar-refractivity contribution in [2.24, 2.45) is 0 Å². The lowest BCUT2D eigenvalue weighted by atomic mass is 10.0. The second-order valence-electron chi connectivity index (χ2n) is 6.14. The molecule has 2 atom stereocenters. The molecule has 0 saturated carbocycles. The van der Waals surface area contributed by atoms with E-state index in [0.29, 0.717) is 0 Å². The fourth-order valence-electron chi connectivity index (χ4n) is 3.37. The Hall–Kier alpha value is -2.66. The van der Waals surface area contributed by atoms with Crippen LogP contribution in [-0.2, 0) is 6.42 Å². The first-order chi connectivity index (χ1) is 12.3. The molecule has 1 aromatic carbocycles. The monoisotopic (exact) mass is 348 g/mol. The molecule has 1 saturated heterocycles. The number of aryl methyl sites for hydroxylation is 1. The summed E-state index contributed by atoms with van der Waals surface area (Å²) in [5, 5.41) is 4.18. The lowest BCUT2D eigenvalue weighted by Gasteiger charge is -2.27. The fourth-order valence-corrected chi connectivity index (χ4v) is 3.72. The molecule has 3 aromatic rings. The fraction of sp³-hybridized carbons (Fsp3) is 0.200. The molecule has 4 rings (SSSR count). The van der Waals surface area contributed by atoms with Crippen LogP contribution in [0.5, 0.6) is 0 Å². The van der Waals surface area contributed by atoms with Crippen LogP contribution in [-0.4, -0.2) is 15.1 Å². The molecule has 3 heterocycles. The van der Waals surface area contributed by atoms with Crippen LogP contribution in [0.25, 0.3) is 0 Å². The van der Waals surface area contributed by atoms with Crippen LogP contribution in [0.15, 0.2) is 67.0 Å². The van der Waals surface area contributed by atoms with Crippen molar-refractivity contribution in [3.63, 3.8) is 0 Å². The van der Waals surface area contributed by atoms with Crippen LogP contribution < -0.4 is 10.2 Å². The van der Waals surface area contributed by atoms with Crippen molar-refractivity contribution in [1.29, 1.82) is 0 Å². The second kappa shape index (κ2) is 6.69. The maximum absolute atomic E-state index is 5.68. The lowest BCUT2D eigenvalue weighted by Crippen LogP contribution is -2.29. The van der Waals surface area contributed by atoms with E-state index in [2.05, 4.69) is 57.4 Å². The first-order valence-electron chi connectivity index (χ1n) is 8.51. The van der Waals surface area contributed by atoms with Crippen LogP contribution >= 0.6 is 12.2 Å². The highest BCUT2D eigenvalue weighted by molar-refractivity contribution is 7.80. The summed E-state index contributed by atoms with van der Waals surface area (Å²) in [6, 6.07) is 18.7. The summed E-state index contributed by atoms with van der Waals surface area (Å²) < 4.78 is 0. The number of nitrogens with one attached hydrogen (secondary N) is 2. The number of hydrogen-bond acceptors (Lipinski definition) is 2. The van der Waals surface area contributed by atoms with E-state index in [1.165, 1.54) is 5.56 Å². The Balaban J connectivity index is 1.77. The Labute approximate surface area is 152 Å². The Morgan fingerprint density at radius 1 is 1.08 bits per heavy atom. The van der Waals surface area contributed by atoms with Crippen LogP contribution in [0, 0.1) is 0 Å². The zero-order chi connectivity index (χ0) is 17.2. The highest BCUT2D eigenvalue weighted by Crippen LogP contribution is 2.40. The quantitative estimate of drug-likeness (QED) is 0.695. The minimum atomic E-state index is -0.00167. The molecular formula is C20H20N4S. The normalized spacial score (nSPS) is 19.9. The highest BCUT2D eigenvalue weighted by atomic mass is 32.1. The van der Waals surface area contributed by atoms with E-state index in [-0.39, 0.29) is 12.1 Å². The van der Waals surface area contributed by atoms with Gasteiger partial charge in [-0.1, -0.05) is 25.1 Å². The average Bonchev–Trinajstić information content (AvgIpc) is 3.30. The molecule has 4 nitrogen and oxygen atoms in total. The van der Waals surface area contributed by atoms with E-state index >= 15 is 0 Å². The summed E-state index contributed by atoms with van der Waals surface area (Å²) in [5.41, 5.74) is 4.51. The number of pyridine rings is 1. The molecule has 1 aliphatic rings. The van der Waals surface area contributed by atoms with Crippen molar-refractivity contribution in [3.8, 4) is 0 Å². The Kier molecular flexibility index (Phi) is 4.24. The number of aromatic amines is 1. The number of hydrogen-bond donors (Lipinski definition) is 2. The molecule has 0 aliphatic carbocycles. The number of anilines is 1. The molecule has 0 radical (unpaired) electrons. The highest BCUT2D eigenvalue weighted by Gasteiger charge is 2.41. The van der Waals surface area contributed by atoms with Crippen LogP contribution in [0.1, 0.15) is 36.0 Å². The number of H-pyrrole nitrogens is 1. The molecular weight excluding hydrogens is 328 g/mol. The molecule has 1 aliphatic heterocycles. The van der Waals surface area contributed by atoms with Gasteiger partial charge < -0.3 is 15.2 Å². The topological polar surface area (TPSA) is 44.0 Å². The van der Waals surface area contributed by atoms with E-state index < -0.39 is 0 Å². The molecule has 2 aromatic heterocycles. The molecule has 25 heavy (non-hydrogen) atoms. The molecule has 0 spiro atoms. The van der Waals surface area contributed by atoms with Gasteiger partial charge in [0, 0.05) is 23.8 Å². The van der Waals surface area contributed by atoms with Gasteiger partial charge in [-0.2, -0.15) is 0 Å². The number of nitrogens with zero attached hydrogens (tertiary/aromatic N) is 2. The molecule has 2 N–H and O–H groups in total. The molecule has 0 unspecified atom stereocenters. The second-order valence-corrected chi connectivity index (χ2v) is 6.53. The van der Waals surface area contributed by atoms with Gasteiger partial charge in [-0.05, 0) is 60.6 Å². The molecule has 0 amide bonds. The van der Waals surface area contributed by atoms with E-state index in [1.807, 2.05) is 36.7 Å². The number of thiocarbonyl (C=S) groups is 1. The SMILES string of the molecule is CCc1ccc(N2C(=S)N[C@H](c3ccccn3)[C@@H]2c2ccc[nH]2)cc1. The molecule has 0 bridgehead atoms. The maximum atomic E-state index is 5.68. The summed E-state index contributed by atoms with van der Waals surface area (Å²) in [6.45, 7) is 2.16. The predicted octanol–water partition coefficient (Wildman–Crippen LogP) is 4.15. The Morgan fingerprint density at radius 2 is 1.92 bits per heavy atom. The van der Waals surface area contributed by atoms with Gasteiger partial charge in [0.25, 0.3) is 0 Å². The van der Waals surface area contributed by atoms with Crippen molar-refractivity contribution in [3.05, 3.63) is 83.9 Å². The summed E-state index contributed by atoms with van der Waals surface area (Å²) in [6.07, 6.45) is 4.80. The molecule has 5 heteroatoms. The standard InChI is InChI=1S/C20H20N4S/c1-2-14-8-10-15(11-9-14)24-19(17-7-5-13-22-17)18(23-20(24)25)16-6-3-4-12-21-16/h3-13,18-19,22H,2H2,1H3,(H,23,25)/t18-,19+/m1/s1. The van der Waals surface area contributed by atoms with Gasteiger partial charge in [0.15, 0.2) is 5.11 Å². The van der Waals surface area contributed by atoms with Gasteiger partial charge in [0.05, 0.1) is 11.7 Å². The van der Waals surface area contributed by atoms with E-state index in [1.54, 1.807) is 0 Å². The Morgan fingerprint density at radius 3 is 2.56 bits per heavy atom. The van der Waals surface area contributed by atoms with E-state index in [0.717, 1.165) is 28.6 Å². The smallest absolute Gasteiger partial charge is 0.174 e. The van der Waals surface area contributed by atoms with Crippen molar-refractivity contribution in [2.75, 3.05) is 4.90 Å². The minimum absolute atomic E-state index is 0.00167. The molecule has 1 fully saturated rings. The van der Waals surface area contributed by atoms with Gasteiger partial charge in [-0.3, -0.25) is 4.98 Å². The summed E-state index contributed by atoms with van der Waals surface area (Å²) in [7, 11) is 0. The largest absolute Gasteiger partial charge is 0.363 e. The zero-order valence-corrected chi connectivity index (χ0v) is 14.8. The first kappa shape index (κ1) is 15.8. The van der Waals surface area contributed by atoms with Gasteiger partial charge in [0.2, 0.25) is 0 Å². The van der Waals surface area contributed by atoms with Crippen LogP contribution in [0.4, 0.5) is 5.69 Å². The summed E-state index contributed by atoms with van der Waals surface area (Å²) >= 11 is 5.68. The first-order valence-corrected chi connectivity index (χ1v) is 8.91. The van der Waals surface area contributed by atoms with E-state index in [4.69, 9.17) is 12.2 Å². The lowest BCUT2D eigenvalue weighted by molar-refractivity contribution is 0.558. The third-order valence-electron chi connectivity index (χ3n) is 4.66. The van der Waals surface area contributed by atoms with Gasteiger partial charge in [0.1, 0.15) is 6.04 Å². The molecule has 126 valence electrons. The van der Waals surface area contributed by atoms with Gasteiger partial charge >= 0.3 is 0 Å². The van der Waals surface area contributed by atoms with Gasteiger partial charge in [-0.15, -0.1) is 0 Å². The average molecular weight is 348 g/mol. The summed E-state index contributed by atoms with van der Waals surface area (Å²) in [4.78, 5) is 10.1. The van der Waals surface area contributed by atoms with Crippen molar-refractivity contribution in [1.82, 2.24) is 15.3 Å². The number of benzene rings is 1. The number of aromatic nitrogens is 2. The third-order valence-corrected chi connectivity index (χ3v) is 4.98. The minimum Gasteiger partial charge on any atom is -0.363 e. The Bertz CT molecular complexity index is 843. The maximum Gasteiger partial charge on any atom is 0.174 e. The zero-order valence-electron chi connectivity index (χ0n) is 14.0. The van der Waals surface area contributed by atoms with E-state index in [9.17, 15) is 0 Å². The van der Waals surface area contributed by atoms with Crippen molar-refractivity contribution >= 4 is 23.0 Å². The number of rotatable bonds is 4. The van der Waals surface area contributed by atoms with Crippen molar-refractivity contribution < 1.29 is 0 Å². The third kappa shape index (κ3) is 2.91. The predicted molar refractivity (Wildman–Crippen MR) is 105 cm³/mol. The summed E-state index contributed by atoms with van der Waals surface area (Å²) in [5.74, 6) is 0.